The number of nitrogens with zero attached hydrogens (tertiary/aromatic N) is 3. The molecular formula is C26H23F3N4O5S. The Balaban J connectivity index is 1.77. The molecule has 1 aromatic carbocycles. The molecule has 0 aliphatic carbocycles. The summed E-state index contributed by atoms with van der Waals surface area (Å²) < 4.78 is 52.5. The SMILES string of the molecule is CCOC(=O)c1sc(NC(=O)c2cc3nc(-c4ccc(C)cc4)cc(C(F)(F)F)n3n2)c(C(=O)OCC)c1C. The lowest BCUT2D eigenvalue weighted by molar-refractivity contribution is -0.142. The molecule has 13 heteroatoms. The Morgan fingerprint density at radius 3 is 2.26 bits per heavy atom. The molecule has 1 amide bonds. The van der Waals surface area contributed by atoms with Crippen molar-refractivity contribution in [3.8, 4) is 11.3 Å². The Morgan fingerprint density at radius 1 is 1.00 bits per heavy atom. The first kappa shape index (κ1) is 27.8. The Hall–Kier alpha value is -4.26. The van der Waals surface area contributed by atoms with Gasteiger partial charge in [0, 0.05) is 11.6 Å². The normalized spacial score (nSPS) is 11.5. The van der Waals surface area contributed by atoms with Gasteiger partial charge in [0.25, 0.3) is 5.91 Å². The van der Waals surface area contributed by atoms with Crippen molar-refractivity contribution in [2.75, 3.05) is 18.5 Å². The van der Waals surface area contributed by atoms with Crippen LogP contribution in [0.25, 0.3) is 16.9 Å². The standard InChI is InChI=1S/C26H23F3N4O5S/c1-5-37-24(35)20-14(4)21(25(36)38-6-2)39-23(20)31-22(34)17-12-19-30-16(15-9-7-13(3)8-10-15)11-18(26(27,28)29)33(19)32-17/h7-12H,5-6H2,1-4H3,(H,31,34). The summed E-state index contributed by atoms with van der Waals surface area (Å²) in [5.74, 6) is -2.38. The zero-order chi connectivity index (χ0) is 28.5. The minimum absolute atomic E-state index is 0.0274. The second-order valence-electron chi connectivity index (χ2n) is 8.35. The molecule has 9 nitrogen and oxygen atoms in total. The quantitative estimate of drug-likeness (QED) is 0.289. The molecule has 4 rings (SSSR count). The average Bonchev–Trinajstić information content (AvgIpc) is 3.44. The lowest BCUT2D eigenvalue weighted by atomic mass is 10.1. The zero-order valence-electron chi connectivity index (χ0n) is 21.3. The van der Waals surface area contributed by atoms with E-state index in [9.17, 15) is 27.6 Å². The molecule has 0 aliphatic heterocycles. The lowest BCUT2D eigenvalue weighted by Crippen LogP contribution is -2.17. The number of aromatic nitrogens is 3. The number of hydrogen-bond acceptors (Lipinski definition) is 8. The third kappa shape index (κ3) is 5.62. The molecule has 3 aromatic heterocycles. The van der Waals surface area contributed by atoms with Gasteiger partial charge in [0.2, 0.25) is 0 Å². The molecule has 0 spiro atoms. The first-order chi connectivity index (χ1) is 18.4. The predicted molar refractivity (Wildman–Crippen MR) is 137 cm³/mol. The molecule has 0 saturated heterocycles. The number of ether oxygens (including phenoxy) is 2. The van der Waals surface area contributed by atoms with Crippen LogP contribution in [0.4, 0.5) is 18.2 Å². The molecule has 204 valence electrons. The highest BCUT2D eigenvalue weighted by molar-refractivity contribution is 7.18. The maximum atomic E-state index is 14.0. The van der Waals surface area contributed by atoms with Gasteiger partial charge in [-0.2, -0.15) is 18.3 Å². The Morgan fingerprint density at radius 2 is 1.64 bits per heavy atom. The monoisotopic (exact) mass is 560 g/mol. The van der Waals surface area contributed by atoms with Gasteiger partial charge in [-0.25, -0.2) is 19.1 Å². The number of carbonyl (C=O) groups is 3. The summed E-state index contributed by atoms with van der Waals surface area (Å²) in [5.41, 5.74) is -0.0797. The number of rotatable bonds is 7. The number of benzene rings is 1. The van der Waals surface area contributed by atoms with Crippen LogP contribution in [0.2, 0.25) is 0 Å². The summed E-state index contributed by atoms with van der Waals surface area (Å²) in [6.45, 7) is 6.69. The first-order valence-electron chi connectivity index (χ1n) is 11.8. The van der Waals surface area contributed by atoms with Crippen LogP contribution < -0.4 is 5.32 Å². The van der Waals surface area contributed by atoms with Crippen molar-refractivity contribution in [2.45, 2.75) is 33.9 Å². The molecule has 39 heavy (non-hydrogen) atoms. The van der Waals surface area contributed by atoms with E-state index in [-0.39, 0.29) is 51.3 Å². The number of aryl methyl sites for hydroxylation is 1. The number of halogens is 3. The molecule has 0 aliphatic rings. The van der Waals surface area contributed by atoms with Crippen molar-refractivity contribution >= 4 is 39.8 Å². The molecule has 3 heterocycles. The average molecular weight is 561 g/mol. The molecule has 0 radical (unpaired) electrons. The van der Waals surface area contributed by atoms with Gasteiger partial charge in [0.1, 0.15) is 9.88 Å². The van der Waals surface area contributed by atoms with Crippen molar-refractivity contribution in [2.24, 2.45) is 0 Å². The fourth-order valence-corrected chi connectivity index (χ4v) is 4.85. The number of thiophene rings is 1. The van der Waals surface area contributed by atoms with E-state index in [2.05, 4.69) is 15.4 Å². The van der Waals surface area contributed by atoms with Gasteiger partial charge in [0.05, 0.1) is 24.5 Å². The highest BCUT2D eigenvalue weighted by Gasteiger charge is 2.36. The maximum Gasteiger partial charge on any atom is 0.433 e. The van der Waals surface area contributed by atoms with Gasteiger partial charge in [-0.15, -0.1) is 11.3 Å². The zero-order valence-corrected chi connectivity index (χ0v) is 22.1. The second-order valence-corrected chi connectivity index (χ2v) is 9.37. The van der Waals surface area contributed by atoms with E-state index in [1.54, 1.807) is 38.1 Å². The van der Waals surface area contributed by atoms with Crippen LogP contribution in [-0.4, -0.2) is 45.7 Å². The van der Waals surface area contributed by atoms with Gasteiger partial charge in [-0.1, -0.05) is 29.8 Å². The molecule has 1 N–H and O–H groups in total. The van der Waals surface area contributed by atoms with E-state index in [4.69, 9.17) is 9.47 Å². The van der Waals surface area contributed by atoms with Gasteiger partial charge in [0.15, 0.2) is 17.0 Å². The minimum Gasteiger partial charge on any atom is -0.462 e. The van der Waals surface area contributed by atoms with Crippen molar-refractivity contribution in [3.05, 3.63) is 69.4 Å². The van der Waals surface area contributed by atoms with Crippen molar-refractivity contribution in [1.29, 1.82) is 0 Å². The first-order valence-corrected chi connectivity index (χ1v) is 12.6. The minimum atomic E-state index is -4.79. The second kappa shape index (κ2) is 10.8. The van der Waals surface area contributed by atoms with Crippen molar-refractivity contribution < 1.29 is 37.0 Å². The van der Waals surface area contributed by atoms with Crippen LogP contribution in [0.1, 0.15) is 61.2 Å². The van der Waals surface area contributed by atoms with E-state index >= 15 is 0 Å². The number of anilines is 1. The number of alkyl halides is 3. The van der Waals surface area contributed by atoms with Crippen LogP contribution in [-0.2, 0) is 15.7 Å². The third-order valence-electron chi connectivity index (χ3n) is 5.61. The summed E-state index contributed by atoms with van der Waals surface area (Å²) in [7, 11) is 0. The highest BCUT2D eigenvalue weighted by Crippen LogP contribution is 2.35. The number of carbonyl (C=O) groups excluding carboxylic acids is 3. The highest BCUT2D eigenvalue weighted by atomic mass is 32.1. The van der Waals surface area contributed by atoms with E-state index in [0.29, 0.717) is 10.1 Å². The molecule has 0 saturated carbocycles. The van der Waals surface area contributed by atoms with Crippen LogP contribution in [0.3, 0.4) is 0 Å². The molecule has 4 aromatic rings. The van der Waals surface area contributed by atoms with E-state index in [0.717, 1.165) is 29.0 Å². The fourth-order valence-electron chi connectivity index (χ4n) is 3.77. The summed E-state index contributed by atoms with van der Waals surface area (Å²) in [4.78, 5) is 42.5. The van der Waals surface area contributed by atoms with Gasteiger partial charge >= 0.3 is 18.1 Å². The van der Waals surface area contributed by atoms with Crippen LogP contribution in [0.5, 0.6) is 0 Å². The Kier molecular flexibility index (Phi) is 7.72. The fraction of sp³-hybridized carbons (Fsp3) is 0.269. The topological polar surface area (TPSA) is 112 Å². The predicted octanol–water partition coefficient (Wildman–Crippen LogP) is 5.70. The van der Waals surface area contributed by atoms with E-state index < -0.39 is 29.7 Å². The van der Waals surface area contributed by atoms with Crippen LogP contribution in [0.15, 0.2) is 36.4 Å². The maximum absolute atomic E-state index is 14.0. The summed E-state index contributed by atoms with van der Waals surface area (Å²) >= 11 is 0.789. The third-order valence-corrected chi connectivity index (χ3v) is 6.80. The van der Waals surface area contributed by atoms with Crippen LogP contribution >= 0.6 is 11.3 Å². The number of esters is 2. The number of amides is 1. The molecule has 0 bridgehead atoms. The smallest absolute Gasteiger partial charge is 0.433 e. The van der Waals surface area contributed by atoms with Gasteiger partial charge in [-0.3, -0.25) is 4.79 Å². The van der Waals surface area contributed by atoms with Crippen molar-refractivity contribution in [1.82, 2.24) is 14.6 Å². The summed E-state index contributed by atoms with van der Waals surface area (Å²) in [6, 6.07) is 8.76. The Labute approximate surface area is 224 Å². The lowest BCUT2D eigenvalue weighted by Gasteiger charge is -2.11. The van der Waals surface area contributed by atoms with Gasteiger partial charge in [-0.05, 0) is 39.3 Å². The largest absolute Gasteiger partial charge is 0.462 e. The van der Waals surface area contributed by atoms with Crippen LogP contribution in [0, 0.1) is 13.8 Å². The summed E-state index contributed by atoms with van der Waals surface area (Å²) in [6.07, 6.45) is -4.79. The van der Waals surface area contributed by atoms with E-state index in [1.165, 1.54) is 6.92 Å². The number of nitrogens with one attached hydrogen (secondary N) is 1. The number of hydrogen-bond donors (Lipinski definition) is 1. The number of fused-ring (bicyclic) bond motifs is 1. The molecule has 0 unspecified atom stereocenters. The van der Waals surface area contributed by atoms with E-state index in [1.807, 2.05) is 6.92 Å². The van der Waals surface area contributed by atoms with Crippen molar-refractivity contribution in [3.63, 3.8) is 0 Å². The summed E-state index contributed by atoms with van der Waals surface area (Å²) in [5, 5.41) is 6.30. The van der Waals surface area contributed by atoms with Gasteiger partial charge < -0.3 is 14.8 Å². The Bertz CT molecular complexity index is 1580. The molecule has 0 fully saturated rings. The molecule has 0 atom stereocenters. The molecular weight excluding hydrogens is 537 g/mol.